The van der Waals surface area contributed by atoms with E-state index >= 15 is 0 Å². The molecule has 0 aromatic heterocycles. The van der Waals surface area contributed by atoms with Crippen molar-refractivity contribution in [1.29, 1.82) is 0 Å². The van der Waals surface area contributed by atoms with Gasteiger partial charge in [0.1, 0.15) is 0 Å². The van der Waals surface area contributed by atoms with Crippen LogP contribution < -0.4 is 10.6 Å². The summed E-state index contributed by atoms with van der Waals surface area (Å²) in [4.78, 5) is 2.44. The zero-order chi connectivity index (χ0) is 13.2. The van der Waals surface area contributed by atoms with Gasteiger partial charge in [-0.15, -0.1) is 0 Å². The third-order valence-electron chi connectivity index (χ3n) is 3.44. The van der Waals surface area contributed by atoms with Crippen molar-refractivity contribution < 1.29 is 0 Å². The minimum atomic E-state index is 0.379. The molecular weight excluding hydrogens is 264 g/mol. The zero-order valence-corrected chi connectivity index (χ0v) is 12.7. The molecule has 100 valence electrons. The lowest BCUT2D eigenvalue weighted by atomic mass is 10.1. The smallest absolute Gasteiger partial charge is 0.0413 e. The van der Waals surface area contributed by atoms with Crippen LogP contribution in [0.3, 0.4) is 0 Å². The molecule has 2 nitrogen and oxygen atoms in total. The number of thioether (sulfide) groups is 1. The third-order valence-corrected chi connectivity index (χ3v) is 5.05. The summed E-state index contributed by atoms with van der Waals surface area (Å²) in [6.07, 6.45) is 1.20. The van der Waals surface area contributed by atoms with E-state index in [1.807, 2.05) is 12.1 Å². The average molecular weight is 285 g/mol. The number of benzene rings is 1. The molecule has 2 N–H and O–H groups in total. The highest BCUT2D eigenvalue weighted by atomic mass is 35.5. The Hall–Kier alpha value is -0.380. The summed E-state index contributed by atoms with van der Waals surface area (Å²) < 4.78 is 0.379. The minimum Gasteiger partial charge on any atom is -0.370 e. The van der Waals surface area contributed by atoms with E-state index in [1.54, 1.807) is 0 Å². The number of hydrogen-bond donors (Lipinski definition) is 1. The van der Waals surface area contributed by atoms with E-state index in [0.717, 1.165) is 23.7 Å². The maximum absolute atomic E-state index is 6.03. The van der Waals surface area contributed by atoms with Crippen molar-refractivity contribution in [3.63, 3.8) is 0 Å². The van der Waals surface area contributed by atoms with Crippen molar-refractivity contribution in [2.24, 2.45) is 5.73 Å². The Morgan fingerprint density at radius 1 is 1.39 bits per heavy atom. The lowest BCUT2D eigenvalue weighted by Crippen LogP contribution is -2.28. The van der Waals surface area contributed by atoms with Crippen molar-refractivity contribution in [2.45, 2.75) is 31.6 Å². The molecule has 0 aliphatic carbocycles. The second kappa shape index (κ2) is 5.72. The highest BCUT2D eigenvalue weighted by Gasteiger charge is 2.24. The van der Waals surface area contributed by atoms with Gasteiger partial charge in [-0.1, -0.05) is 25.4 Å². The molecule has 0 saturated carbocycles. The summed E-state index contributed by atoms with van der Waals surface area (Å²) in [5.41, 5.74) is 8.22. The van der Waals surface area contributed by atoms with Gasteiger partial charge >= 0.3 is 0 Å². The fourth-order valence-corrected chi connectivity index (χ4v) is 3.58. The van der Waals surface area contributed by atoms with Gasteiger partial charge in [0.25, 0.3) is 0 Å². The summed E-state index contributed by atoms with van der Waals surface area (Å²) in [5, 5.41) is 0.767. The van der Waals surface area contributed by atoms with Crippen LogP contribution in [0.25, 0.3) is 0 Å². The monoisotopic (exact) mass is 284 g/mol. The van der Waals surface area contributed by atoms with Crippen LogP contribution in [0.5, 0.6) is 0 Å². The largest absolute Gasteiger partial charge is 0.370 e. The molecule has 18 heavy (non-hydrogen) atoms. The van der Waals surface area contributed by atoms with E-state index in [-0.39, 0.29) is 0 Å². The van der Waals surface area contributed by atoms with Gasteiger partial charge in [0.05, 0.1) is 0 Å². The molecule has 1 aromatic rings. The second-order valence-electron chi connectivity index (χ2n) is 5.32. The molecule has 1 aliphatic heterocycles. The molecule has 1 fully saturated rings. The third kappa shape index (κ3) is 3.34. The first-order valence-electron chi connectivity index (χ1n) is 6.39. The van der Waals surface area contributed by atoms with E-state index < -0.39 is 0 Å². The molecule has 0 unspecified atom stereocenters. The van der Waals surface area contributed by atoms with Crippen molar-refractivity contribution in [2.75, 3.05) is 23.7 Å². The van der Waals surface area contributed by atoms with Crippen LogP contribution in [0.15, 0.2) is 18.2 Å². The maximum Gasteiger partial charge on any atom is 0.0413 e. The molecule has 1 heterocycles. The molecule has 0 atom stereocenters. The van der Waals surface area contributed by atoms with Crippen molar-refractivity contribution in [1.82, 2.24) is 0 Å². The SMILES string of the molecule is CC1(C)CCN(c2ccc(Cl)cc2CN)CCS1. The summed E-state index contributed by atoms with van der Waals surface area (Å²) >= 11 is 8.09. The zero-order valence-electron chi connectivity index (χ0n) is 11.1. The molecule has 0 bridgehead atoms. The Morgan fingerprint density at radius 3 is 2.89 bits per heavy atom. The second-order valence-corrected chi connectivity index (χ2v) is 7.56. The molecule has 4 heteroatoms. The number of halogens is 1. The highest BCUT2D eigenvalue weighted by molar-refractivity contribution is 8.00. The first kappa shape index (κ1) is 14.0. The Balaban J connectivity index is 2.21. The van der Waals surface area contributed by atoms with Crippen LogP contribution >= 0.6 is 23.4 Å². The molecule has 1 aromatic carbocycles. The molecule has 2 rings (SSSR count). The molecule has 1 aliphatic rings. The van der Waals surface area contributed by atoms with E-state index in [9.17, 15) is 0 Å². The Bertz CT molecular complexity index is 420. The summed E-state index contributed by atoms with van der Waals surface area (Å²) in [5.74, 6) is 1.17. The van der Waals surface area contributed by atoms with Crippen LogP contribution in [-0.2, 0) is 6.54 Å². The molecule has 0 spiro atoms. The Morgan fingerprint density at radius 2 is 2.17 bits per heavy atom. The maximum atomic E-state index is 6.03. The molecule has 1 saturated heterocycles. The lowest BCUT2D eigenvalue weighted by Gasteiger charge is -2.26. The average Bonchev–Trinajstić information content (AvgIpc) is 2.50. The first-order valence-corrected chi connectivity index (χ1v) is 7.75. The van der Waals surface area contributed by atoms with Gasteiger partial charge < -0.3 is 10.6 Å². The molecular formula is C14H21ClN2S. The van der Waals surface area contributed by atoms with Crippen LogP contribution in [0.1, 0.15) is 25.8 Å². The summed E-state index contributed by atoms with van der Waals surface area (Å²) in [6.45, 7) is 7.38. The van der Waals surface area contributed by atoms with E-state index in [2.05, 4.69) is 36.6 Å². The van der Waals surface area contributed by atoms with Crippen molar-refractivity contribution in [3.8, 4) is 0 Å². The van der Waals surface area contributed by atoms with E-state index in [1.165, 1.54) is 17.9 Å². The standard InChI is InChI=1S/C14H21ClN2S/c1-14(2)5-6-17(7-8-18-14)13-4-3-12(15)9-11(13)10-16/h3-4,9H,5-8,10,16H2,1-2H3. The van der Waals surface area contributed by atoms with E-state index in [4.69, 9.17) is 17.3 Å². The van der Waals surface area contributed by atoms with Gasteiger partial charge in [-0.25, -0.2) is 0 Å². The van der Waals surface area contributed by atoms with Crippen LogP contribution in [0.2, 0.25) is 5.02 Å². The van der Waals surface area contributed by atoms with Gasteiger partial charge in [-0.3, -0.25) is 0 Å². The normalized spacial score (nSPS) is 19.7. The molecule has 0 amide bonds. The number of anilines is 1. The number of nitrogens with two attached hydrogens (primary N) is 1. The topological polar surface area (TPSA) is 29.3 Å². The van der Waals surface area contributed by atoms with Gasteiger partial charge in [-0.05, 0) is 30.2 Å². The van der Waals surface area contributed by atoms with Gasteiger partial charge in [0.2, 0.25) is 0 Å². The predicted octanol–water partition coefficient (Wildman–Crippen LogP) is 3.52. The Kier molecular flexibility index (Phi) is 4.46. The fraction of sp³-hybridized carbons (Fsp3) is 0.571. The van der Waals surface area contributed by atoms with Gasteiger partial charge in [0.15, 0.2) is 0 Å². The Labute approximate surface area is 119 Å². The fourth-order valence-electron chi connectivity index (χ4n) is 2.29. The predicted molar refractivity (Wildman–Crippen MR) is 82.7 cm³/mol. The summed E-state index contributed by atoms with van der Waals surface area (Å²) in [6, 6.07) is 6.05. The summed E-state index contributed by atoms with van der Waals surface area (Å²) in [7, 11) is 0. The van der Waals surface area contributed by atoms with E-state index in [0.29, 0.717) is 11.3 Å². The van der Waals surface area contributed by atoms with Crippen LogP contribution in [0.4, 0.5) is 5.69 Å². The van der Waals surface area contributed by atoms with Gasteiger partial charge in [0, 0.05) is 40.8 Å². The minimum absolute atomic E-state index is 0.379. The van der Waals surface area contributed by atoms with Crippen molar-refractivity contribution >= 4 is 29.1 Å². The lowest BCUT2D eigenvalue weighted by molar-refractivity contribution is 0.637. The number of rotatable bonds is 2. The number of nitrogens with zero attached hydrogens (tertiary/aromatic N) is 1. The van der Waals surface area contributed by atoms with Crippen LogP contribution in [-0.4, -0.2) is 23.6 Å². The van der Waals surface area contributed by atoms with Crippen molar-refractivity contribution in [3.05, 3.63) is 28.8 Å². The molecule has 0 radical (unpaired) electrons. The quantitative estimate of drug-likeness (QED) is 0.901. The number of hydrogen-bond acceptors (Lipinski definition) is 3. The highest BCUT2D eigenvalue weighted by Crippen LogP contribution is 2.33. The van der Waals surface area contributed by atoms with Crippen LogP contribution in [0, 0.1) is 0 Å². The van der Waals surface area contributed by atoms with Gasteiger partial charge in [-0.2, -0.15) is 11.8 Å². The first-order chi connectivity index (χ1) is 8.52.